The van der Waals surface area contributed by atoms with E-state index in [1.807, 2.05) is 11.8 Å². The highest BCUT2D eigenvalue weighted by Gasteiger charge is 2.27. The van der Waals surface area contributed by atoms with Gasteiger partial charge in [-0.25, -0.2) is 13.4 Å². The third-order valence-corrected chi connectivity index (χ3v) is 8.64. The second-order valence-corrected chi connectivity index (χ2v) is 11.0. The quantitative estimate of drug-likeness (QED) is 0.552. The molecular weight excluding hydrogens is 468 g/mol. The molecule has 170 valence electrons. The van der Waals surface area contributed by atoms with E-state index in [1.165, 1.54) is 11.3 Å². The molecule has 0 spiro atoms. The summed E-state index contributed by atoms with van der Waals surface area (Å²) in [6, 6.07) is 8.09. The Hall–Kier alpha value is -2.36. The van der Waals surface area contributed by atoms with E-state index in [0.717, 1.165) is 32.4 Å². The summed E-state index contributed by atoms with van der Waals surface area (Å²) in [7, 11) is -2.02. The van der Waals surface area contributed by atoms with Crippen molar-refractivity contribution >= 4 is 44.6 Å². The van der Waals surface area contributed by atoms with E-state index in [0.29, 0.717) is 37.7 Å². The normalized spacial score (nSPS) is 14.6. The summed E-state index contributed by atoms with van der Waals surface area (Å²) < 4.78 is 30.5. The van der Waals surface area contributed by atoms with Crippen LogP contribution in [-0.4, -0.2) is 41.9 Å². The molecule has 1 fully saturated rings. The van der Waals surface area contributed by atoms with E-state index < -0.39 is 10.0 Å². The van der Waals surface area contributed by atoms with Crippen LogP contribution in [0.15, 0.2) is 35.2 Å². The van der Waals surface area contributed by atoms with Gasteiger partial charge in [-0.2, -0.15) is 0 Å². The Morgan fingerprint density at radius 3 is 2.44 bits per heavy atom. The molecule has 0 aliphatic carbocycles. The number of carbonyl (C=O) groups is 1. The number of aryl methyl sites for hydroxylation is 1. The lowest BCUT2D eigenvalue weighted by atomic mass is 10.1. The molecule has 0 bridgehead atoms. The Morgan fingerprint density at radius 2 is 1.78 bits per heavy atom. The minimum atomic E-state index is -3.82. The smallest absolute Gasteiger partial charge is 0.265 e. The number of thiazole rings is 1. The topological polar surface area (TPSA) is 84.3 Å². The van der Waals surface area contributed by atoms with Crippen LogP contribution >= 0.6 is 22.9 Å². The molecule has 3 heterocycles. The Labute approximate surface area is 197 Å². The molecule has 1 N–H and O–H groups in total. The monoisotopic (exact) mass is 492 g/mol. The van der Waals surface area contributed by atoms with Crippen LogP contribution in [0.25, 0.3) is 10.7 Å². The molecule has 1 amide bonds. The minimum absolute atomic E-state index is 0.00845. The van der Waals surface area contributed by atoms with Gasteiger partial charge in [-0.3, -0.25) is 9.52 Å². The van der Waals surface area contributed by atoms with Crippen LogP contribution in [0.1, 0.15) is 40.3 Å². The first-order valence-electron chi connectivity index (χ1n) is 10.4. The summed E-state index contributed by atoms with van der Waals surface area (Å²) in [4.78, 5) is 20.3. The van der Waals surface area contributed by atoms with Crippen molar-refractivity contribution in [1.29, 1.82) is 0 Å². The fourth-order valence-electron chi connectivity index (χ4n) is 3.82. The highest BCUT2D eigenvalue weighted by Crippen LogP contribution is 2.34. The van der Waals surface area contributed by atoms with Crippen LogP contribution < -0.4 is 4.72 Å². The molecule has 0 atom stereocenters. The first-order chi connectivity index (χ1) is 15.2. The lowest BCUT2D eigenvalue weighted by Crippen LogP contribution is -2.35. The molecule has 0 unspecified atom stereocenters. The Balaban J connectivity index is 1.65. The van der Waals surface area contributed by atoms with Crippen LogP contribution in [0, 0.1) is 13.8 Å². The lowest BCUT2D eigenvalue weighted by Gasteiger charge is -2.26. The van der Waals surface area contributed by atoms with Crippen LogP contribution in [-0.2, 0) is 17.1 Å². The average molecular weight is 493 g/mol. The van der Waals surface area contributed by atoms with Gasteiger partial charge in [0.1, 0.15) is 14.8 Å². The molecule has 1 saturated heterocycles. The Morgan fingerprint density at radius 1 is 1.12 bits per heavy atom. The molecule has 1 aliphatic heterocycles. The van der Waals surface area contributed by atoms with Gasteiger partial charge in [0.05, 0.1) is 11.4 Å². The van der Waals surface area contributed by atoms with Gasteiger partial charge in [0.25, 0.3) is 15.9 Å². The number of amides is 1. The summed E-state index contributed by atoms with van der Waals surface area (Å²) in [5, 5.41) is 1.15. The standard InChI is InChI=1S/C22H25ClN4O3S2/c1-14-20(22(28)27-11-5-4-6-12-27)31-21(24-14)18-13-19(15(2)26(18)3)32(29,30)25-17-9-7-16(23)8-10-17/h7-10,13,25H,4-6,11-12H2,1-3H3. The molecule has 32 heavy (non-hydrogen) atoms. The van der Waals surface area contributed by atoms with Crippen molar-refractivity contribution in [2.75, 3.05) is 17.8 Å². The van der Waals surface area contributed by atoms with Crippen molar-refractivity contribution in [3.05, 3.63) is 51.6 Å². The van der Waals surface area contributed by atoms with Gasteiger partial charge in [-0.1, -0.05) is 11.6 Å². The SMILES string of the molecule is Cc1nc(-c2cc(S(=O)(=O)Nc3ccc(Cl)cc3)c(C)n2C)sc1C(=O)N1CCCCC1. The predicted molar refractivity (Wildman–Crippen MR) is 128 cm³/mol. The molecule has 0 saturated carbocycles. The number of piperidine rings is 1. The molecule has 7 nitrogen and oxygen atoms in total. The second-order valence-electron chi connectivity index (χ2n) is 7.94. The van der Waals surface area contributed by atoms with E-state index in [1.54, 1.807) is 48.9 Å². The number of hydrogen-bond acceptors (Lipinski definition) is 5. The van der Waals surface area contributed by atoms with Crippen molar-refractivity contribution < 1.29 is 13.2 Å². The zero-order valence-corrected chi connectivity index (χ0v) is 20.6. The van der Waals surface area contributed by atoms with Crippen molar-refractivity contribution in [2.24, 2.45) is 7.05 Å². The Kier molecular flexibility index (Phi) is 6.33. The molecule has 2 aromatic heterocycles. The van der Waals surface area contributed by atoms with E-state index in [4.69, 9.17) is 11.6 Å². The number of halogens is 1. The maximum atomic E-state index is 13.1. The number of anilines is 1. The van der Waals surface area contributed by atoms with Crippen LogP contribution in [0.4, 0.5) is 5.69 Å². The van der Waals surface area contributed by atoms with Crippen LogP contribution in [0.3, 0.4) is 0 Å². The first kappa shape index (κ1) is 22.8. The van der Waals surface area contributed by atoms with Crippen molar-refractivity contribution in [3.63, 3.8) is 0 Å². The van der Waals surface area contributed by atoms with Crippen molar-refractivity contribution in [2.45, 2.75) is 38.0 Å². The number of aromatic nitrogens is 2. The van der Waals surface area contributed by atoms with Gasteiger partial charge in [0.15, 0.2) is 0 Å². The minimum Gasteiger partial charge on any atom is -0.345 e. The average Bonchev–Trinajstić information content (AvgIpc) is 3.30. The summed E-state index contributed by atoms with van der Waals surface area (Å²) in [6.45, 7) is 5.12. The zero-order valence-electron chi connectivity index (χ0n) is 18.2. The summed E-state index contributed by atoms with van der Waals surface area (Å²) in [5.74, 6) is 0.00845. The largest absolute Gasteiger partial charge is 0.345 e. The number of nitrogens with zero attached hydrogens (tertiary/aromatic N) is 3. The Bertz CT molecular complexity index is 1260. The molecule has 1 aromatic carbocycles. The summed E-state index contributed by atoms with van der Waals surface area (Å²) in [5.41, 5.74) is 2.34. The third kappa shape index (κ3) is 4.42. The van der Waals surface area contributed by atoms with Gasteiger partial charge in [-0.15, -0.1) is 11.3 Å². The second kappa shape index (κ2) is 8.88. The van der Waals surface area contributed by atoms with E-state index in [-0.39, 0.29) is 10.8 Å². The molecule has 3 aromatic rings. The fourth-order valence-corrected chi connectivity index (χ4v) is 6.38. The van der Waals surface area contributed by atoms with Crippen molar-refractivity contribution in [3.8, 4) is 10.7 Å². The number of sulfonamides is 1. The first-order valence-corrected chi connectivity index (χ1v) is 13.1. The molecular formula is C22H25ClN4O3S2. The number of carbonyl (C=O) groups excluding carboxylic acids is 1. The van der Waals surface area contributed by atoms with E-state index >= 15 is 0 Å². The molecule has 4 rings (SSSR count). The predicted octanol–water partition coefficient (Wildman–Crippen LogP) is 4.85. The highest BCUT2D eigenvalue weighted by atomic mass is 35.5. The molecule has 1 aliphatic rings. The maximum Gasteiger partial charge on any atom is 0.265 e. The molecule has 10 heteroatoms. The number of nitrogens with one attached hydrogen (secondary N) is 1. The third-order valence-electron chi connectivity index (χ3n) is 5.73. The van der Waals surface area contributed by atoms with Gasteiger partial charge in [-0.05, 0) is 63.4 Å². The van der Waals surface area contributed by atoms with Gasteiger partial charge >= 0.3 is 0 Å². The zero-order chi connectivity index (χ0) is 23.0. The lowest BCUT2D eigenvalue weighted by molar-refractivity contribution is 0.0728. The number of likely N-dealkylation sites (tertiary alicyclic amines) is 1. The number of benzene rings is 1. The van der Waals surface area contributed by atoms with Crippen LogP contribution in [0.5, 0.6) is 0 Å². The van der Waals surface area contributed by atoms with Gasteiger partial charge in [0.2, 0.25) is 0 Å². The van der Waals surface area contributed by atoms with Crippen molar-refractivity contribution in [1.82, 2.24) is 14.5 Å². The number of hydrogen-bond donors (Lipinski definition) is 1. The summed E-state index contributed by atoms with van der Waals surface area (Å²) >= 11 is 7.20. The maximum absolute atomic E-state index is 13.1. The molecule has 0 radical (unpaired) electrons. The highest BCUT2D eigenvalue weighted by molar-refractivity contribution is 7.92. The number of rotatable bonds is 5. The fraction of sp³-hybridized carbons (Fsp3) is 0.364. The van der Waals surface area contributed by atoms with E-state index in [9.17, 15) is 13.2 Å². The van der Waals surface area contributed by atoms with Gasteiger partial charge < -0.3 is 9.47 Å². The van der Waals surface area contributed by atoms with Gasteiger partial charge in [0, 0.05) is 36.5 Å². The van der Waals surface area contributed by atoms with E-state index in [2.05, 4.69) is 9.71 Å². The summed E-state index contributed by atoms with van der Waals surface area (Å²) in [6.07, 6.45) is 3.20. The van der Waals surface area contributed by atoms with Crippen LogP contribution in [0.2, 0.25) is 5.02 Å².